The summed E-state index contributed by atoms with van der Waals surface area (Å²) >= 11 is 0. The average molecular weight is 166 g/mol. The first-order chi connectivity index (χ1) is 5.54. The summed E-state index contributed by atoms with van der Waals surface area (Å²) in [5.41, 5.74) is 2.40. The summed E-state index contributed by atoms with van der Waals surface area (Å²) in [6, 6.07) is 0. The first-order valence-corrected chi connectivity index (χ1v) is 4.54. The number of allylic oxidation sites excluding steroid dienone is 1. The third kappa shape index (κ3) is 1.61. The Bertz CT molecular complexity index is 215. The predicted molar refractivity (Wildman–Crippen MR) is 51.8 cm³/mol. The van der Waals surface area contributed by atoms with Gasteiger partial charge in [0.05, 0.1) is 6.10 Å². The van der Waals surface area contributed by atoms with Crippen LogP contribution in [-0.4, -0.2) is 11.2 Å². The van der Waals surface area contributed by atoms with Gasteiger partial charge in [0.2, 0.25) is 0 Å². The molecule has 0 aliphatic heterocycles. The van der Waals surface area contributed by atoms with Crippen molar-refractivity contribution in [3.63, 3.8) is 0 Å². The molecule has 0 saturated heterocycles. The minimum atomic E-state index is -0.229. The molecule has 0 saturated carbocycles. The van der Waals surface area contributed by atoms with Crippen LogP contribution in [0, 0.1) is 11.8 Å². The van der Waals surface area contributed by atoms with Crippen LogP contribution in [0.5, 0.6) is 0 Å². The zero-order valence-corrected chi connectivity index (χ0v) is 8.17. The van der Waals surface area contributed by atoms with Crippen molar-refractivity contribution >= 4 is 0 Å². The molecule has 0 radical (unpaired) electrons. The van der Waals surface area contributed by atoms with E-state index in [0.29, 0.717) is 5.92 Å². The van der Waals surface area contributed by atoms with Gasteiger partial charge in [-0.05, 0) is 20.3 Å². The molecule has 68 valence electrons. The molecule has 12 heavy (non-hydrogen) atoms. The van der Waals surface area contributed by atoms with Gasteiger partial charge < -0.3 is 5.11 Å². The average Bonchev–Trinajstić information content (AvgIpc) is 2.00. The van der Waals surface area contributed by atoms with Crippen molar-refractivity contribution in [1.29, 1.82) is 0 Å². The molecule has 3 unspecified atom stereocenters. The van der Waals surface area contributed by atoms with E-state index in [-0.39, 0.29) is 12.0 Å². The standard InChI is InChI=1S/C11H18O/c1-7(2)10-6-5-8(3)9(4)11(10)12/h5,9-12H,1,6H2,2-4H3. The number of rotatable bonds is 1. The smallest absolute Gasteiger partial charge is 0.0670 e. The highest BCUT2D eigenvalue weighted by molar-refractivity contribution is 5.16. The zero-order chi connectivity index (χ0) is 9.30. The van der Waals surface area contributed by atoms with Gasteiger partial charge >= 0.3 is 0 Å². The third-order valence-electron chi connectivity index (χ3n) is 2.97. The van der Waals surface area contributed by atoms with E-state index in [2.05, 4.69) is 26.5 Å². The van der Waals surface area contributed by atoms with Crippen LogP contribution in [0.4, 0.5) is 0 Å². The van der Waals surface area contributed by atoms with Crippen LogP contribution in [-0.2, 0) is 0 Å². The Labute approximate surface area is 74.8 Å². The Balaban J connectivity index is 2.80. The molecule has 0 aromatic carbocycles. The summed E-state index contributed by atoms with van der Waals surface area (Å²) in [5, 5.41) is 9.88. The van der Waals surface area contributed by atoms with Gasteiger partial charge in [-0.3, -0.25) is 0 Å². The van der Waals surface area contributed by atoms with E-state index in [1.807, 2.05) is 6.92 Å². The van der Waals surface area contributed by atoms with Crippen molar-refractivity contribution in [2.45, 2.75) is 33.3 Å². The molecule has 0 bridgehead atoms. The minimum Gasteiger partial charge on any atom is -0.392 e. The monoisotopic (exact) mass is 166 g/mol. The molecule has 0 fully saturated rings. The van der Waals surface area contributed by atoms with Crippen molar-refractivity contribution < 1.29 is 5.11 Å². The molecule has 1 rings (SSSR count). The summed E-state index contributed by atoms with van der Waals surface area (Å²) in [6.07, 6.45) is 2.94. The van der Waals surface area contributed by atoms with Crippen LogP contribution < -0.4 is 0 Å². The highest BCUT2D eigenvalue weighted by Crippen LogP contribution is 2.32. The van der Waals surface area contributed by atoms with Crippen molar-refractivity contribution in [1.82, 2.24) is 0 Å². The minimum absolute atomic E-state index is 0.229. The molecule has 0 aromatic heterocycles. The topological polar surface area (TPSA) is 20.2 Å². The second-order valence-corrected chi connectivity index (χ2v) is 3.92. The molecule has 0 heterocycles. The Hall–Kier alpha value is -0.560. The predicted octanol–water partition coefficient (Wildman–Crippen LogP) is 2.53. The molecule has 1 nitrogen and oxygen atoms in total. The normalized spacial score (nSPS) is 36.0. The maximum Gasteiger partial charge on any atom is 0.0670 e. The second-order valence-electron chi connectivity index (χ2n) is 3.92. The fourth-order valence-electron chi connectivity index (χ4n) is 1.75. The molecule has 0 aromatic rings. The summed E-state index contributed by atoms with van der Waals surface area (Å²) in [5.74, 6) is 0.559. The zero-order valence-electron chi connectivity index (χ0n) is 8.17. The summed E-state index contributed by atoms with van der Waals surface area (Å²) in [6.45, 7) is 10.1. The lowest BCUT2D eigenvalue weighted by Crippen LogP contribution is -2.31. The Morgan fingerprint density at radius 2 is 2.25 bits per heavy atom. The van der Waals surface area contributed by atoms with Crippen LogP contribution in [0.1, 0.15) is 27.2 Å². The van der Waals surface area contributed by atoms with Crippen LogP contribution >= 0.6 is 0 Å². The van der Waals surface area contributed by atoms with Gasteiger partial charge in [-0.1, -0.05) is 30.7 Å². The van der Waals surface area contributed by atoms with Crippen LogP contribution in [0.15, 0.2) is 23.8 Å². The molecule has 1 aliphatic rings. The summed E-state index contributed by atoms with van der Waals surface area (Å²) < 4.78 is 0. The second kappa shape index (κ2) is 3.44. The summed E-state index contributed by atoms with van der Waals surface area (Å²) in [4.78, 5) is 0. The van der Waals surface area contributed by atoms with E-state index < -0.39 is 0 Å². The molecule has 0 spiro atoms. The largest absolute Gasteiger partial charge is 0.392 e. The van der Waals surface area contributed by atoms with Crippen molar-refractivity contribution in [3.05, 3.63) is 23.8 Å². The molecule has 3 atom stereocenters. The Morgan fingerprint density at radius 1 is 1.67 bits per heavy atom. The van der Waals surface area contributed by atoms with Crippen molar-refractivity contribution in [2.24, 2.45) is 11.8 Å². The molecule has 0 amide bonds. The van der Waals surface area contributed by atoms with Crippen molar-refractivity contribution in [2.75, 3.05) is 0 Å². The molecular formula is C11H18O. The number of hydrogen-bond donors (Lipinski definition) is 1. The fraction of sp³-hybridized carbons (Fsp3) is 0.636. The van der Waals surface area contributed by atoms with Crippen molar-refractivity contribution in [3.8, 4) is 0 Å². The van der Waals surface area contributed by atoms with E-state index >= 15 is 0 Å². The number of aliphatic hydroxyl groups is 1. The van der Waals surface area contributed by atoms with Gasteiger partial charge in [0.25, 0.3) is 0 Å². The molecule has 1 N–H and O–H groups in total. The highest BCUT2D eigenvalue weighted by Gasteiger charge is 2.28. The van der Waals surface area contributed by atoms with Gasteiger partial charge in [0, 0.05) is 11.8 Å². The number of hydrogen-bond acceptors (Lipinski definition) is 1. The maximum atomic E-state index is 9.88. The number of aliphatic hydroxyl groups excluding tert-OH is 1. The maximum absolute atomic E-state index is 9.88. The molecule has 1 aliphatic carbocycles. The van der Waals surface area contributed by atoms with E-state index in [1.54, 1.807) is 0 Å². The van der Waals surface area contributed by atoms with E-state index in [4.69, 9.17) is 0 Å². The van der Waals surface area contributed by atoms with Crippen LogP contribution in [0.3, 0.4) is 0 Å². The lowest BCUT2D eigenvalue weighted by atomic mass is 9.77. The van der Waals surface area contributed by atoms with Crippen LogP contribution in [0.25, 0.3) is 0 Å². The Kier molecular flexibility index (Phi) is 2.73. The van der Waals surface area contributed by atoms with Gasteiger partial charge in [0.1, 0.15) is 0 Å². The van der Waals surface area contributed by atoms with E-state index in [0.717, 1.165) is 12.0 Å². The molecular weight excluding hydrogens is 148 g/mol. The van der Waals surface area contributed by atoms with E-state index in [1.165, 1.54) is 5.57 Å². The fourth-order valence-corrected chi connectivity index (χ4v) is 1.75. The van der Waals surface area contributed by atoms with Gasteiger partial charge in [0.15, 0.2) is 0 Å². The summed E-state index contributed by atoms with van der Waals surface area (Å²) in [7, 11) is 0. The third-order valence-corrected chi connectivity index (χ3v) is 2.97. The first kappa shape index (κ1) is 9.53. The molecule has 1 heteroatoms. The van der Waals surface area contributed by atoms with Crippen LogP contribution in [0.2, 0.25) is 0 Å². The quantitative estimate of drug-likeness (QED) is 0.593. The Morgan fingerprint density at radius 3 is 2.75 bits per heavy atom. The highest BCUT2D eigenvalue weighted by atomic mass is 16.3. The lowest BCUT2D eigenvalue weighted by molar-refractivity contribution is 0.0802. The van der Waals surface area contributed by atoms with Gasteiger partial charge in [-0.25, -0.2) is 0 Å². The first-order valence-electron chi connectivity index (χ1n) is 4.54. The van der Waals surface area contributed by atoms with E-state index in [9.17, 15) is 5.11 Å². The van der Waals surface area contributed by atoms with Gasteiger partial charge in [-0.2, -0.15) is 0 Å². The van der Waals surface area contributed by atoms with Gasteiger partial charge in [-0.15, -0.1) is 0 Å². The lowest BCUT2D eigenvalue weighted by Gasteiger charge is -2.32. The SMILES string of the molecule is C=C(C)C1CC=C(C)C(C)C1O.